The number of rotatable bonds is 5. The normalized spacial score (nSPS) is 22.9. The molecule has 2 aromatic carbocycles. The SMILES string of the molecule is C=Cc1c(C)c(C)c(C)c2c1C(C=C)C2(C)O[SiH2]C1=Cc2ccccc21. The smallest absolute Gasteiger partial charge is 0.194 e. The van der Waals surface area contributed by atoms with E-state index >= 15 is 0 Å². The molecule has 2 aromatic rings. The predicted molar refractivity (Wildman–Crippen MR) is 115 cm³/mol. The Balaban J connectivity index is 1.70. The van der Waals surface area contributed by atoms with Crippen molar-refractivity contribution >= 4 is 27.1 Å². The Morgan fingerprint density at radius 2 is 1.81 bits per heavy atom. The molecule has 0 bridgehead atoms. The van der Waals surface area contributed by atoms with E-state index in [1.54, 1.807) is 0 Å². The van der Waals surface area contributed by atoms with Crippen molar-refractivity contribution in [2.24, 2.45) is 0 Å². The van der Waals surface area contributed by atoms with Gasteiger partial charge in [-0.2, -0.15) is 0 Å². The van der Waals surface area contributed by atoms with E-state index in [9.17, 15) is 0 Å². The second kappa shape index (κ2) is 5.93. The molecule has 0 heterocycles. The minimum atomic E-state index is -0.800. The molecule has 0 saturated heterocycles. The van der Waals surface area contributed by atoms with Gasteiger partial charge in [0.2, 0.25) is 0 Å². The van der Waals surface area contributed by atoms with Gasteiger partial charge in [-0.05, 0) is 77.4 Å². The molecule has 0 N–H and O–H groups in total. The van der Waals surface area contributed by atoms with Gasteiger partial charge in [-0.15, -0.1) is 6.58 Å². The minimum absolute atomic E-state index is 0.229. The third kappa shape index (κ3) is 2.12. The molecule has 26 heavy (non-hydrogen) atoms. The highest BCUT2D eigenvalue weighted by molar-refractivity contribution is 6.59. The van der Waals surface area contributed by atoms with Crippen molar-refractivity contribution in [2.45, 2.75) is 39.2 Å². The molecule has 0 spiro atoms. The van der Waals surface area contributed by atoms with Crippen LogP contribution < -0.4 is 0 Å². The van der Waals surface area contributed by atoms with Crippen LogP contribution in [0.3, 0.4) is 0 Å². The first-order valence-electron chi connectivity index (χ1n) is 9.27. The maximum atomic E-state index is 6.70. The zero-order valence-electron chi connectivity index (χ0n) is 16.1. The quantitative estimate of drug-likeness (QED) is 0.516. The summed E-state index contributed by atoms with van der Waals surface area (Å²) in [5.74, 6) is 0.229. The number of hydrogen-bond acceptors (Lipinski definition) is 1. The van der Waals surface area contributed by atoms with Crippen LogP contribution in [0, 0.1) is 20.8 Å². The van der Waals surface area contributed by atoms with Crippen LogP contribution in [-0.4, -0.2) is 9.76 Å². The molecule has 0 radical (unpaired) electrons. The lowest BCUT2D eigenvalue weighted by Gasteiger charge is -2.51. The fourth-order valence-corrected chi connectivity index (χ4v) is 6.30. The number of hydrogen-bond donors (Lipinski definition) is 0. The van der Waals surface area contributed by atoms with E-state index in [1.165, 1.54) is 49.7 Å². The van der Waals surface area contributed by atoms with E-state index in [4.69, 9.17) is 4.43 Å². The first-order valence-corrected chi connectivity index (χ1v) is 10.6. The van der Waals surface area contributed by atoms with E-state index in [-0.39, 0.29) is 11.5 Å². The van der Waals surface area contributed by atoms with Crippen LogP contribution in [0.4, 0.5) is 0 Å². The summed E-state index contributed by atoms with van der Waals surface area (Å²) < 4.78 is 6.70. The maximum Gasteiger partial charge on any atom is 0.194 e. The molecule has 2 atom stereocenters. The summed E-state index contributed by atoms with van der Waals surface area (Å²) in [7, 11) is -0.800. The van der Waals surface area contributed by atoms with Crippen LogP contribution in [0.5, 0.6) is 0 Å². The molecule has 2 aliphatic rings. The lowest BCUT2D eigenvalue weighted by molar-refractivity contribution is 0.0491. The Hall–Kier alpha value is -2.16. The average molecular weight is 359 g/mol. The first kappa shape index (κ1) is 17.3. The third-order valence-electron chi connectivity index (χ3n) is 6.47. The van der Waals surface area contributed by atoms with Gasteiger partial charge in [-0.1, -0.05) is 49.1 Å². The Morgan fingerprint density at radius 3 is 2.46 bits per heavy atom. The molecule has 2 unspecified atom stereocenters. The predicted octanol–water partition coefficient (Wildman–Crippen LogP) is 5.37. The van der Waals surface area contributed by atoms with E-state index in [1.807, 2.05) is 6.08 Å². The molecule has 0 aromatic heterocycles. The Kier molecular flexibility index (Phi) is 3.94. The molecule has 0 fully saturated rings. The van der Waals surface area contributed by atoms with Crippen molar-refractivity contribution in [3.05, 3.63) is 88.0 Å². The molecule has 0 aliphatic heterocycles. The average Bonchev–Trinajstić information content (AvgIpc) is 2.61. The Bertz CT molecular complexity index is 982. The van der Waals surface area contributed by atoms with Gasteiger partial charge in [-0.25, -0.2) is 0 Å². The second-order valence-corrected chi connectivity index (χ2v) is 8.99. The topological polar surface area (TPSA) is 9.23 Å². The first-order chi connectivity index (χ1) is 12.4. The van der Waals surface area contributed by atoms with Gasteiger partial charge >= 0.3 is 0 Å². The molecule has 4 rings (SSSR count). The summed E-state index contributed by atoms with van der Waals surface area (Å²) in [6, 6.07) is 8.58. The second-order valence-electron chi connectivity index (χ2n) is 7.65. The Labute approximate surface area is 159 Å². The summed E-state index contributed by atoms with van der Waals surface area (Å²) in [6.07, 6.45) is 6.34. The van der Waals surface area contributed by atoms with Gasteiger partial charge in [0.05, 0.1) is 5.60 Å². The lowest BCUT2D eigenvalue weighted by atomic mass is 9.60. The summed E-state index contributed by atoms with van der Waals surface area (Å²) >= 11 is 0. The maximum absolute atomic E-state index is 6.70. The fraction of sp³-hybridized carbons (Fsp3) is 0.250. The highest BCUT2D eigenvalue weighted by Crippen LogP contribution is 2.57. The van der Waals surface area contributed by atoms with Gasteiger partial charge in [0, 0.05) is 5.92 Å². The van der Waals surface area contributed by atoms with Crippen LogP contribution in [0.1, 0.15) is 57.3 Å². The van der Waals surface area contributed by atoms with Gasteiger partial charge in [0.25, 0.3) is 0 Å². The van der Waals surface area contributed by atoms with Crippen molar-refractivity contribution in [3.8, 4) is 0 Å². The molecule has 1 nitrogen and oxygen atoms in total. The summed E-state index contributed by atoms with van der Waals surface area (Å²) in [6.45, 7) is 17.1. The van der Waals surface area contributed by atoms with E-state index in [0.29, 0.717) is 0 Å². The number of benzene rings is 2. The van der Waals surface area contributed by atoms with Crippen LogP contribution in [0.15, 0.2) is 43.5 Å². The van der Waals surface area contributed by atoms with Crippen molar-refractivity contribution in [3.63, 3.8) is 0 Å². The zero-order valence-corrected chi connectivity index (χ0v) is 17.6. The minimum Gasteiger partial charge on any atom is -0.408 e. The van der Waals surface area contributed by atoms with E-state index in [2.05, 4.69) is 77.3 Å². The largest absolute Gasteiger partial charge is 0.408 e. The van der Waals surface area contributed by atoms with Crippen molar-refractivity contribution in [1.82, 2.24) is 0 Å². The van der Waals surface area contributed by atoms with Crippen molar-refractivity contribution in [1.29, 1.82) is 0 Å². The highest BCUT2D eigenvalue weighted by atomic mass is 28.2. The molecule has 132 valence electrons. The zero-order chi connectivity index (χ0) is 18.6. The van der Waals surface area contributed by atoms with Crippen LogP contribution in [0.25, 0.3) is 17.3 Å². The van der Waals surface area contributed by atoms with Crippen LogP contribution >= 0.6 is 0 Å². The molecular formula is C24H26OSi. The van der Waals surface area contributed by atoms with E-state index < -0.39 is 9.76 Å². The lowest BCUT2D eigenvalue weighted by Crippen LogP contribution is -2.45. The monoisotopic (exact) mass is 358 g/mol. The van der Waals surface area contributed by atoms with Gasteiger partial charge in [-0.3, -0.25) is 0 Å². The standard InChI is InChI=1S/C24H26OSi/c1-7-18-15(4)14(3)16(5)23-22(18)20(8-2)24(23,6)25-26-21-13-17-11-9-10-12-19(17)21/h7-13,20H,1-2,26H2,3-6H3. The molecule has 2 heteroatoms. The van der Waals surface area contributed by atoms with Gasteiger partial charge < -0.3 is 4.43 Å². The van der Waals surface area contributed by atoms with Crippen molar-refractivity contribution < 1.29 is 4.43 Å². The highest BCUT2D eigenvalue weighted by Gasteiger charge is 2.50. The molecule has 2 aliphatic carbocycles. The molecule has 0 amide bonds. The van der Waals surface area contributed by atoms with Crippen LogP contribution in [-0.2, 0) is 10.0 Å². The summed E-state index contributed by atoms with van der Waals surface area (Å²) in [5, 5.41) is 1.42. The van der Waals surface area contributed by atoms with E-state index in [0.717, 1.165) is 0 Å². The summed E-state index contributed by atoms with van der Waals surface area (Å²) in [4.78, 5) is 0. The van der Waals surface area contributed by atoms with Crippen LogP contribution in [0.2, 0.25) is 0 Å². The van der Waals surface area contributed by atoms with Gasteiger partial charge in [0.1, 0.15) is 0 Å². The molecule has 0 saturated carbocycles. The van der Waals surface area contributed by atoms with Crippen molar-refractivity contribution in [2.75, 3.05) is 0 Å². The molecular weight excluding hydrogens is 332 g/mol. The number of fused-ring (bicyclic) bond motifs is 2. The third-order valence-corrected chi connectivity index (χ3v) is 8.11. The Morgan fingerprint density at radius 1 is 1.08 bits per heavy atom. The van der Waals surface area contributed by atoms with Gasteiger partial charge in [0.15, 0.2) is 9.76 Å². The summed E-state index contributed by atoms with van der Waals surface area (Å²) in [5.41, 5.74) is 10.5. The fourth-order valence-electron chi connectivity index (χ4n) is 4.74.